The molecule has 0 aliphatic carbocycles. The van der Waals surface area contributed by atoms with Crippen LogP contribution in [0.15, 0.2) is 54.6 Å². The highest BCUT2D eigenvalue weighted by atomic mass is 32.1. The summed E-state index contributed by atoms with van der Waals surface area (Å²) in [7, 11) is 0. The summed E-state index contributed by atoms with van der Waals surface area (Å²) in [4.78, 5) is 27.7. The van der Waals surface area contributed by atoms with Crippen LogP contribution in [0.5, 0.6) is 0 Å². The molecule has 1 aliphatic heterocycles. The molecule has 0 spiro atoms. The topological polar surface area (TPSA) is 75.4 Å². The Morgan fingerprint density at radius 2 is 1.73 bits per heavy atom. The van der Waals surface area contributed by atoms with Gasteiger partial charge in [0.1, 0.15) is 0 Å². The van der Waals surface area contributed by atoms with Gasteiger partial charge in [-0.1, -0.05) is 54.6 Å². The largest absolute Gasteiger partial charge is 0.352 e. The summed E-state index contributed by atoms with van der Waals surface area (Å²) < 4.78 is 0. The Kier molecular flexibility index (Phi) is 7.56. The number of benzene rings is 2. The third-order valence-corrected chi connectivity index (χ3v) is 6.51. The van der Waals surface area contributed by atoms with Crippen LogP contribution in [-0.4, -0.2) is 41.6 Å². The van der Waals surface area contributed by atoms with Gasteiger partial charge in [0.15, 0.2) is 0 Å². The third kappa shape index (κ3) is 5.24. The molecule has 0 unspecified atom stereocenters. The minimum atomic E-state index is -0.593. The summed E-state index contributed by atoms with van der Waals surface area (Å²) in [5.74, 6) is 0.292. The summed E-state index contributed by atoms with van der Waals surface area (Å²) in [5.41, 5.74) is 8.78. The minimum Gasteiger partial charge on any atom is -0.352 e. The predicted molar refractivity (Wildman–Crippen MR) is 123 cm³/mol. The molecule has 3 rings (SSSR count). The first-order valence-electron chi connectivity index (χ1n) is 10.5. The number of amides is 2. The Hall–Kier alpha value is -2.31. The maximum Gasteiger partial charge on any atom is 0.240 e. The molecule has 2 amide bonds. The van der Waals surface area contributed by atoms with E-state index >= 15 is 0 Å². The van der Waals surface area contributed by atoms with Crippen molar-refractivity contribution in [2.45, 2.75) is 38.8 Å². The zero-order chi connectivity index (χ0) is 21.6. The average molecular weight is 426 g/mol. The number of piperidine rings is 1. The smallest absolute Gasteiger partial charge is 0.240 e. The number of aryl methyl sites for hydroxylation is 1. The fourth-order valence-electron chi connectivity index (χ4n) is 4.09. The Morgan fingerprint density at radius 1 is 1.10 bits per heavy atom. The summed E-state index contributed by atoms with van der Waals surface area (Å²) >= 11 is 4.14. The molecule has 0 bridgehead atoms. The fraction of sp³-hybridized carbons (Fsp3) is 0.417. The number of rotatable bonds is 7. The van der Waals surface area contributed by atoms with E-state index < -0.39 is 11.5 Å². The summed E-state index contributed by atoms with van der Waals surface area (Å²) in [6, 6.07) is 17.5. The van der Waals surface area contributed by atoms with Crippen molar-refractivity contribution in [2.24, 2.45) is 11.1 Å². The first kappa shape index (κ1) is 22.4. The standard InChI is InChI=1S/C24H31N3O2S/c1-18-7-5-6-10-20(18)15-24(23(29)26-16-19-8-3-2-4-9-19)11-13-27(14-12-24)22(28)21(25)17-30/h2-10,21,30H,11-17,25H2,1H3,(H,26,29)/t21-/m0/s1. The van der Waals surface area contributed by atoms with Crippen molar-refractivity contribution < 1.29 is 9.59 Å². The molecule has 1 aliphatic rings. The second kappa shape index (κ2) is 10.1. The molecule has 1 fully saturated rings. The molecule has 2 aromatic rings. The van der Waals surface area contributed by atoms with Gasteiger partial charge in [0.2, 0.25) is 11.8 Å². The molecule has 6 heteroatoms. The molecular formula is C24H31N3O2S. The minimum absolute atomic E-state index is 0.0557. The van der Waals surface area contributed by atoms with Gasteiger partial charge in [-0.15, -0.1) is 0 Å². The molecule has 2 aromatic carbocycles. The van der Waals surface area contributed by atoms with E-state index in [-0.39, 0.29) is 11.8 Å². The molecule has 30 heavy (non-hydrogen) atoms. The lowest BCUT2D eigenvalue weighted by atomic mass is 9.72. The van der Waals surface area contributed by atoms with Gasteiger partial charge in [-0.2, -0.15) is 12.6 Å². The van der Waals surface area contributed by atoms with Gasteiger partial charge in [0.25, 0.3) is 0 Å². The zero-order valence-electron chi connectivity index (χ0n) is 17.5. The predicted octanol–water partition coefficient (Wildman–Crippen LogP) is 2.72. The average Bonchev–Trinajstić information content (AvgIpc) is 2.79. The van der Waals surface area contributed by atoms with Gasteiger partial charge < -0.3 is 16.0 Å². The Bertz CT molecular complexity index is 864. The van der Waals surface area contributed by atoms with Crippen molar-refractivity contribution >= 4 is 24.4 Å². The van der Waals surface area contributed by atoms with Gasteiger partial charge >= 0.3 is 0 Å². The molecule has 3 N–H and O–H groups in total. The molecule has 1 atom stereocenters. The number of nitrogens with two attached hydrogens (primary N) is 1. The van der Waals surface area contributed by atoms with E-state index in [9.17, 15) is 9.59 Å². The van der Waals surface area contributed by atoms with Crippen LogP contribution in [0.25, 0.3) is 0 Å². The van der Waals surface area contributed by atoms with Crippen LogP contribution in [0, 0.1) is 12.3 Å². The highest BCUT2D eigenvalue weighted by molar-refractivity contribution is 7.80. The van der Waals surface area contributed by atoms with E-state index in [0.29, 0.717) is 44.6 Å². The molecule has 5 nitrogen and oxygen atoms in total. The molecule has 0 radical (unpaired) electrons. The number of carbonyl (C=O) groups is 2. The SMILES string of the molecule is Cc1ccccc1CC1(C(=O)NCc2ccccc2)CCN(C(=O)[C@@H](N)CS)CC1. The van der Waals surface area contributed by atoms with Gasteiger partial charge in [0.05, 0.1) is 11.5 Å². The lowest BCUT2D eigenvalue weighted by Crippen LogP contribution is -2.54. The van der Waals surface area contributed by atoms with E-state index in [2.05, 4.69) is 37.0 Å². The molecule has 1 heterocycles. The molecule has 160 valence electrons. The monoisotopic (exact) mass is 425 g/mol. The zero-order valence-corrected chi connectivity index (χ0v) is 18.4. The van der Waals surface area contributed by atoms with Gasteiger partial charge in [-0.25, -0.2) is 0 Å². The van der Waals surface area contributed by atoms with E-state index in [1.54, 1.807) is 4.90 Å². The van der Waals surface area contributed by atoms with Crippen LogP contribution < -0.4 is 11.1 Å². The fourth-order valence-corrected chi connectivity index (χ4v) is 4.25. The lowest BCUT2D eigenvalue weighted by Gasteiger charge is -2.41. The van der Waals surface area contributed by atoms with Crippen LogP contribution in [0.3, 0.4) is 0 Å². The van der Waals surface area contributed by atoms with Gasteiger partial charge in [-0.05, 0) is 42.9 Å². The molecular weight excluding hydrogens is 394 g/mol. The van der Waals surface area contributed by atoms with Crippen LogP contribution >= 0.6 is 12.6 Å². The van der Waals surface area contributed by atoms with Crippen molar-refractivity contribution in [1.82, 2.24) is 10.2 Å². The van der Waals surface area contributed by atoms with Crippen LogP contribution in [0.4, 0.5) is 0 Å². The van der Waals surface area contributed by atoms with Crippen molar-refractivity contribution in [3.8, 4) is 0 Å². The van der Waals surface area contributed by atoms with Crippen LogP contribution in [0.1, 0.15) is 29.5 Å². The normalized spacial score (nSPS) is 16.7. The quantitative estimate of drug-likeness (QED) is 0.597. The van der Waals surface area contributed by atoms with Gasteiger partial charge in [-0.3, -0.25) is 9.59 Å². The Balaban J connectivity index is 1.76. The third-order valence-electron chi connectivity index (χ3n) is 6.11. The second-order valence-electron chi connectivity index (χ2n) is 8.17. The number of hydrogen-bond acceptors (Lipinski definition) is 4. The molecule has 0 aromatic heterocycles. The van der Waals surface area contributed by atoms with Crippen molar-refractivity contribution in [3.05, 3.63) is 71.3 Å². The second-order valence-corrected chi connectivity index (χ2v) is 8.53. The highest BCUT2D eigenvalue weighted by Crippen LogP contribution is 2.36. The summed E-state index contributed by atoms with van der Waals surface area (Å²) in [6.45, 7) is 3.65. The number of likely N-dealkylation sites (tertiary alicyclic amines) is 1. The maximum absolute atomic E-state index is 13.4. The number of nitrogens with zero attached hydrogens (tertiary/aromatic N) is 1. The molecule has 1 saturated heterocycles. The number of hydrogen-bond donors (Lipinski definition) is 3. The van der Waals surface area contributed by atoms with Crippen LogP contribution in [0.2, 0.25) is 0 Å². The Labute approximate surface area is 184 Å². The summed E-state index contributed by atoms with van der Waals surface area (Å²) in [6.07, 6.45) is 1.90. The maximum atomic E-state index is 13.4. The number of nitrogens with one attached hydrogen (secondary N) is 1. The first-order valence-corrected chi connectivity index (χ1v) is 11.1. The van der Waals surface area contributed by atoms with Crippen molar-refractivity contribution in [2.75, 3.05) is 18.8 Å². The first-order chi connectivity index (χ1) is 14.4. The van der Waals surface area contributed by atoms with E-state index in [1.165, 1.54) is 11.1 Å². The molecule has 0 saturated carbocycles. The van der Waals surface area contributed by atoms with E-state index in [0.717, 1.165) is 5.56 Å². The Morgan fingerprint density at radius 3 is 2.37 bits per heavy atom. The van der Waals surface area contributed by atoms with Crippen LogP contribution in [-0.2, 0) is 22.6 Å². The van der Waals surface area contributed by atoms with E-state index in [4.69, 9.17) is 5.73 Å². The van der Waals surface area contributed by atoms with Gasteiger partial charge in [0, 0.05) is 25.4 Å². The number of thiol groups is 1. The van der Waals surface area contributed by atoms with Crippen molar-refractivity contribution in [1.29, 1.82) is 0 Å². The summed E-state index contributed by atoms with van der Waals surface area (Å²) in [5, 5.41) is 3.15. The number of carbonyl (C=O) groups excluding carboxylic acids is 2. The van der Waals surface area contributed by atoms with Crippen molar-refractivity contribution in [3.63, 3.8) is 0 Å². The lowest BCUT2D eigenvalue weighted by molar-refractivity contribution is -0.141. The highest BCUT2D eigenvalue weighted by Gasteiger charge is 2.42. The van der Waals surface area contributed by atoms with E-state index in [1.807, 2.05) is 42.5 Å².